The number of hydrogen-bond acceptors (Lipinski definition) is 4. The van der Waals surface area contributed by atoms with Gasteiger partial charge in [-0.15, -0.1) is 0 Å². The van der Waals surface area contributed by atoms with Crippen molar-refractivity contribution in [3.63, 3.8) is 0 Å². The van der Waals surface area contributed by atoms with E-state index in [4.69, 9.17) is 0 Å². The molecule has 2 aromatic rings. The van der Waals surface area contributed by atoms with Crippen LogP contribution in [0.4, 0.5) is 11.4 Å². The van der Waals surface area contributed by atoms with Crippen LogP contribution in [0.1, 0.15) is 24.0 Å². The van der Waals surface area contributed by atoms with E-state index in [0.717, 1.165) is 48.2 Å². The highest BCUT2D eigenvalue weighted by atomic mass is 32.2. The maximum atomic E-state index is 13.4. The molecule has 2 aliphatic rings. The summed E-state index contributed by atoms with van der Waals surface area (Å²) in [6.07, 6.45) is 3.73. The molecule has 0 fully saturated rings. The molecule has 0 atom stereocenters. The number of anilines is 2. The molecule has 2 heterocycles. The predicted molar refractivity (Wildman–Crippen MR) is 111 cm³/mol. The van der Waals surface area contributed by atoms with Crippen LogP contribution in [0.3, 0.4) is 0 Å². The smallest absolute Gasteiger partial charge is 0.236 e. The fraction of sp³-hybridized carbons (Fsp3) is 0.273. The second-order valence-corrected chi connectivity index (χ2v) is 9.01. The summed E-state index contributed by atoms with van der Waals surface area (Å²) in [7, 11) is -3.76. The van der Waals surface area contributed by atoms with E-state index in [0.29, 0.717) is 13.1 Å². The van der Waals surface area contributed by atoms with Crippen LogP contribution in [0.2, 0.25) is 0 Å². The van der Waals surface area contributed by atoms with Crippen LogP contribution in [0.25, 0.3) is 0 Å². The molecule has 0 unspecified atom stereocenters. The molecule has 0 radical (unpaired) electrons. The van der Waals surface area contributed by atoms with E-state index in [9.17, 15) is 8.42 Å². The highest BCUT2D eigenvalue weighted by molar-refractivity contribution is 7.99. The van der Waals surface area contributed by atoms with Gasteiger partial charge in [-0.1, -0.05) is 49.6 Å². The lowest BCUT2D eigenvalue weighted by molar-refractivity contribution is 0.601. The number of sulfone groups is 1. The predicted octanol–water partition coefficient (Wildman–Crippen LogP) is 4.25. The third-order valence-electron chi connectivity index (χ3n) is 5.44. The molecule has 2 aromatic carbocycles. The average molecular weight is 381 g/mol. The lowest BCUT2D eigenvalue weighted by Crippen LogP contribution is -2.37. The normalized spacial score (nSPS) is 16.4. The summed E-state index contributed by atoms with van der Waals surface area (Å²) < 4.78 is 26.7. The van der Waals surface area contributed by atoms with Crippen LogP contribution in [0, 0.1) is 0 Å². The molecule has 0 bridgehead atoms. The zero-order valence-electron chi connectivity index (χ0n) is 15.4. The molecule has 0 N–H and O–H groups in total. The molecule has 4 nitrogen and oxygen atoms in total. The van der Waals surface area contributed by atoms with Gasteiger partial charge in [0.15, 0.2) is 0 Å². The minimum Gasteiger partial charge on any atom is -0.332 e. The number of rotatable bonds is 4. The minimum atomic E-state index is -3.76. The van der Waals surface area contributed by atoms with Crippen molar-refractivity contribution in [3.05, 3.63) is 82.9 Å². The van der Waals surface area contributed by atoms with Crippen LogP contribution in [-0.4, -0.2) is 21.5 Å². The Hall–Kier alpha value is -2.53. The number of fused-ring (bicyclic) bond motifs is 2. The van der Waals surface area contributed by atoms with Crippen molar-refractivity contribution in [3.8, 4) is 0 Å². The lowest BCUT2D eigenvalue weighted by atomic mass is 10.0. The van der Waals surface area contributed by atoms with Gasteiger partial charge in [-0.3, -0.25) is 0 Å². The van der Waals surface area contributed by atoms with Gasteiger partial charge in [0.1, 0.15) is 10.1 Å². The Morgan fingerprint density at radius 1 is 0.741 bits per heavy atom. The van der Waals surface area contributed by atoms with E-state index < -0.39 is 9.84 Å². The fourth-order valence-corrected chi connectivity index (χ4v) is 5.24. The van der Waals surface area contributed by atoms with E-state index in [1.165, 1.54) is 0 Å². The summed E-state index contributed by atoms with van der Waals surface area (Å²) in [5.41, 5.74) is 4.19. The molecule has 0 saturated heterocycles. The van der Waals surface area contributed by atoms with Gasteiger partial charge in [-0.05, 0) is 48.9 Å². The average Bonchev–Trinajstić information content (AvgIpc) is 2.71. The van der Waals surface area contributed by atoms with Crippen LogP contribution in [0.5, 0.6) is 0 Å². The number of benzene rings is 2. The van der Waals surface area contributed by atoms with E-state index in [-0.39, 0.29) is 10.1 Å². The number of nitrogens with zero attached hydrogens (tertiary/aromatic N) is 2. The zero-order chi connectivity index (χ0) is 19.0. The summed E-state index contributed by atoms with van der Waals surface area (Å²) >= 11 is 0. The zero-order valence-corrected chi connectivity index (χ0v) is 16.2. The van der Waals surface area contributed by atoms with E-state index in [1.807, 2.05) is 46.2 Å². The Kier molecular flexibility index (Phi) is 4.56. The molecule has 27 heavy (non-hydrogen) atoms. The van der Waals surface area contributed by atoms with Crippen LogP contribution in [0.15, 0.2) is 71.7 Å². The lowest BCUT2D eigenvalue weighted by Gasteiger charge is -2.36. The molecular formula is C22H24N2O2S. The number of hydrogen-bond donors (Lipinski definition) is 0. The molecule has 0 aliphatic carbocycles. The van der Waals surface area contributed by atoms with E-state index >= 15 is 0 Å². The Morgan fingerprint density at radius 3 is 1.59 bits per heavy atom. The summed E-state index contributed by atoms with van der Waals surface area (Å²) in [6.45, 7) is 9.25. The van der Waals surface area contributed by atoms with Gasteiger partial charge in [-0.25, -0.2) is 8.42 Å². The van der Waals surface area contributed by atoms with Gasteiger partial charge in [-0.2, -0.15) is 0 Å². The van der Waals surface area contributed by atoms with Crippen molar-refractivity contribution in [2.24, 2.45) is 0 Å². The summed E-state index contributed by atoms with van der Waals surface area (Å²) in [6, 6.07) is 15.9. The monoisotopic (exact) mass is 380 g/mol. The topological polar surface area (TPSA) is 40.6 Å². The SMILES string of the molecule is C=C(N1CCCc2ccccc21)S(=O)(=O)C(=C)N1CCCc2ccccc21. The van der Waals surface area contributed by atoms with Crippen molar-refractivity contribution >= 4 is 21.2 Å². The molecular weight excluding hydrogens is 356 g/mol. The first-order chi connectivity index (χ1) is 13.0. The fourth-order valence-electron chi connectivity index (χ4n) is 4.01. The van der Waals surface area contributed by atoms with Crippen molar-refractivity contribution < 1.29 is 8.42 Å². The first-order valence-electron chi connectivity index (χ1n) is 9.34. The molecule has 0 saturated carbocycles. The van der Waals surface area contributed by atoms with Crippen molar-refractivity contribution in [2.45, 2.75) is 25.7 Å². The van der Waals surface area contributed by atoms with E-state index in [1.54, 1.807) is 0 Å². The quantitative estimate of drug-likeness (QED) is 0.795. The van der Waals surface area contributed by atoms with E-state index in [2.05, 4.69) is 25.3 Å². The summed E-state index contributed by atoms with van der Waals surface area (Å²) in [4.78, 5) is 3.66. The van der Waals surface area contributed by atoms with Gasteiger partial charge < -0.3 is 9.80 Å². The summed E-state index contributed by atoms with van der Waals surface area (Å²) in [5.74, 6) is 0. The molecule has 0 spiro atoms. The van der Waals surface area contributed by atoms with Gasteiger partial charge in [0.25, 0.3) is 0 Å². The second kappa shape index (κ2) is 6.89. The Balaban J connectivity index is 1.67. The first-order valence-corrected chi connectivity index (χ1v) is 10.8. The molecule has 2 aliphatic heterocycles. The maximum Gasteiger partial charge on any atom is 0.236 e. The third-order valence-corrected chi connectivity index (χ3v) is 7.12. The summed E-state index contributed by atoms with van der Waals surface area (Å²) in [5, 5.41) is 0.227. The Morgan fingerprint density at radius 2 is 1.15 bits per heavy atom. The highest BCUT2D eigenvalue weighted by Crippen LogP contribution is 2.36. The van der Waals surface area contributed by atoms with Crippen molar-refractivity contribution in [1.82, 2.24) is 0 Å². The Labute approximate surface area is 161 Å². The minimum absolute atomic E-state index is 0.114. The van der Waals surface area contributed by atoms with Crippen LogP contribution in [-0.2, 0) is 22.7 Å². The van der Waals surface area contributed by atoms with Crippen LogP contribution < -0.4 is 9.80 Å². The molecule has 0 amide bonds. The standard InChI is InChI=1S/C22H24N2O2S/c1-17(23-15-7-11-19-9-3-5-13-21(19)23)27(25,26)18(2)24-16-8-12-20-10-4-6-14-22(20)24/h3-6,9-10,13-14H,1-2,7-8,11-12,15-16H2. The largest absolute Gasteiger partial charge is 0.332 e. The highest BCUT2D eigenvalue weighted by Gasteiger charge is 2.33. The van der Waals surface area contributed by atoms with Gasteiger partial charge in [0.2, 0.25) is 9.84 Å². The van der Waals surface area contributed by atoms with Gasteiger partial charge >= 0.3 is 0 Å². The molecule has 0 aromatic heterocycles. The maximum absolute atomic E-state index is 13.4. The van der Waals surface area contributed by atoms with Gasteiger partial charge in [0.05, 0.1) is 0 Å². The Bertz CT molecular complexity index is 935. The number of aryl methyl sites for hydroxylation is 2. The van der Waals surface area contributed by atoms with Crippen molar-refractivity contribution in [2.75, 3.05) is 22.9 Å². The van der Waals surface area contributed by atoms with Crippen molar-refractivity contribution in [1.29, 1.82) is 0 Å². The molecule has 4 rings (SSSR count). The molecule has 5 heteroatoms. The van der Waals surface area contributed by atoms with Crippen LogP contribution >= 0.6 is 0 Å². The second-order valence-electron chi connectivity index (χ2n) is 7.06. The third kappa shape index (κ3) is 3.06. The molecule has 140 valence electrons. The first kappa shape index (κ1) is 17.9. The number of para-hydroxylation sites is 2. The van der Waals surface area contributed by atoms with Gasteiger partial charge in [0, 0.05) is 24.5 Å².